The van der Waals surface area contributed by atoms with Gasteiger partial charge in [0.15, 0.2) is 0 Å². The number of carbonyl (C=O) groups excluding carboxylic acids is 1. The lowest BCUT2D eigenvalue weighted by Gasteiger charge is -2.29. The summed E-state index contributed by atoms with van der Waals surface area (Å²) in [4.78, 5) is 12.6. The molecular weight excluding hydrogens is 297 g/mol. The van der Waals surface area contributed by atoms with Crippen LogP contribution in [-0.2, 0) is 16.6 Å². The number of benzene rings is 1. The van der Waals surface area contributed by atoms with Crippen LogP contribution in [0.1, 0.15) is 47.7 Å². The van der Waals surface area contributed by atoms with E-state index >= 15 is 0 Å². The van der Waals surface area contributed by atoms with E-state index in [9.17, 15) is 14.4 Å². The molecule has 120 valence electrons. The summed E-state index contributed by atoms with van der Waals surface area (Å²) < 4.78 is 16.1. The van der Waals surface area contributed by atoms with Gasteiger partial charge in [0.2, 0.25) is 0 Å². The SMILES string of the molecule is Cc1c(F)cccc1[C@]1(C(=O)NO)CCc2c1cnn2C1CC1. The molecule has 1 amide bonds. The molecule has 1 atom stereocenters. The number of aromatic nitrogens is 2. The van der Waals surface area contributed by atoms with Crippen molar-refractivity contribution in [3.05, 3.63) is 52.6 Å². The van der Waals surface area contributed by atoms with Crippen molar-refractivity contribution in [1.29, 1.82) is 0 Å². The number of nitrogens with zero attached hydrogens (tertiary/aromatic N) is 2. The van der Waals surface area contributed by atoms with Gasteiger partial charge in [0.1, 0.15) is 11.2 Å². The Balaban J connectivity index is 1.94. The third-order valence-corrected chi connectivity index (χ3v) is 5.20. The topological polar surface area (TPSA) is 67.2 Å². The molecule has 5 nitrogen and oxygen atoms in total. The van der Waals surface area contributed by atoms with Crippen LogP contribution in [0.25, 0.3) is 0 Å². The van der Waals surface area contributed by atoms with Crippen LogP contribution >= 0.6 is 0 Å². The van der Waals surface area contributed by atoms with Crippen LogP contribution in [0.2, 0.25) is 0 Å². The molecule has 0 bridgehead atoms. The van der Waals surface area contributed by atoms with Crippen LogP contribution in [0.3, 0.4) is 0 Å². The monoisotopic (exact) mass is 315 g/mol. The van der Waals surface area contributed by atoms with Crippen LogP contribution in [0.15, 0.2) is 24.4 Å². The van der Waals surface area contributed by atoms with Gasteiger partial charge in [-0.2, -0.15) is 5.10 Å². The molecule has 2 aliphatic carbocycles. The van der Waals surface area contributed by atoms with E-state index in [0.29, 0.717) is 30.0 Å². The van der Waals surface area contributed by atoms with Crippen molar-refractivity contribution < 1.29 is 14.4 Å². The van der Waals surface area contributed by atoms with Crippen molar-refractivity contribution in [2.75, 3.05) is 0 Å². The maximum atomic E-state index is 14.1. The minimum atomic E-state index is -1.08. The summed E-state index contributed by atoms with van der Waals surface area (Å²) in [5, 5.41) is 13.8. The zero-order valence-corrected chi connectivity index (χ0v) is 12.8. The van der Waals surface area contributed by atoms with Gasteiger partial charge in [-0.25, -0.2) is 9.87 Å². The van der Waals surface area contributed by atoms with E-state index in [1.54, 1.807) is 30.7 Å². The first-order chi connectivity index (χ1) is 11.1. The molecule has 1 saturated carbocycles. The van der Waals surface area contributed by atoms with E-state index in [0.717, 1.165) is 24.1 Å². The fourth-order valence-electron chi connectivity index (χ4n) is 3.87. The molecule has 0 saturated heterocycles. The molecule has 0 radical (unpaired) electrons. The van der Waals surface area contributed by atoms with Gasteiger partial charge in [0, 0.05) is 11.3 Å². The lowest BCUT2D eigenvalue weighted by molar-refractivity contribution is -0.133. The first-order valence-corrected chi connectivity index (χ1v) is 7.86. The van der Waals surface area contributed by atoms with Gasteiger partial charge in [-0.05, 0) is 49.8 Å². The number of amides is 1. The second kappa shape index (κ2) is 4.89. The quantitative estimate of drug-likeness (QED) is 0.675. The Morgan fingerprint density at radius 2 is 2.22 bits per heavy atom. The van der Waals surface area contributed by atoms with Gasteiger partial charge in [-0.1, -0.05) is 12.1 Å². The summed E-state index contributed by atoms with van der Waals surface area (Å²) in [6.07, 6.45) is 5.11. The molecule has 0 aliphatic heterocycles. The molecule has 0 spiro atoms. The Morgan fingerprint density at radius 3 is 2.91 bits per heavy atom. The Hall–Kier alpha value is -2.21. The molecular formula is C17H18FN3O2. The van der Waals surface area contributed by atoms with Crippen LogP contribution in [-0.4, -0.2) is 20.9 Å². The lowest BCUT2D eigenvalue weighted by Crippen LogP contribution is -2.43. The second-order valence-corrected chi connectivity index (χ2v) is 6.44. The zero-order chi connectivity index (χ0) is 16.2. The summed E-state index contributed by atoms with van der Waals surface area (Å²) in [5.74, 6) is -0.879. The smallest absolute Gasteiger partial charge is 0.258 e. The summed E-state index contributed by atoms with van der Waals surface area (Å²) in [7, 11) is 0. The predicted octanol–water partition coefficient (Wildman–Crippen LogP) is 2.40. The number of nitrogens with one attached hydrogen (secondary N) is 1. The highest BCUT2D eigenvalue weighted by atomic mass is 19.1. The molecule has 4 rings (SSSR count). The van der Waals surface area contributed by atoms with E-state index in [4.69, 9.17) is 0 Å². The van der Waals surface area contributed by atoms with Crippen LogP contribution in [0.4, 0.5) is 4.39 Å². The highest BCUT2D eigenvalue weighted by molar-refractivity contribution is 5.93. The summed E-state index contributed by atoms with van der Waals surface area (Å²) in [6.45, 7) is 1.67. The average molecular weight is 315 g/mol. The zero-order valence-electron chi connectivity index (χ0n) is 12.8. The Labute approximate surface area is 133 Å². The van der Waals surface area contributed by atoms with E-state index in [1.165, 1.54) is 6.07 Å². The third-order valence-electron chi connectivity index (χ3n) is 5.20. The van der Waals surface area contributed by atoms with Gasteiger partial charge < -0.3 is 0 Å². The normalized spacial score (nSPS) is 22.9. The number of carbonyl (C=O) groups is 1. The molecule has 2 aromatic rings. The number of halogens is 1. The van der Waals surface area contributed by atoms with Gasteiger partial charge >= 0.3 is 0 Å². The van der Waals surface area contributed by atoms with E-state index in [1.807, 2.05) is 4.68 Å². The molecule has 1 aromatic carbocycles. The Bertz CT molecular complexity index is 797. The fourth-order valence-corrected chi connectivity index (χ4v) is 3.87. The first-order valence-electron chi connectivity index (χ1n) is 7.86. The number of fused-ring (bicyclic) bond motifs is 1. The molecule has 1 heterocycles. The van der Waals surface area contributed by atoms with E-state index < -0.39 is 11.3 Å². The van der Waals surface area contributed by atoms with Gasteiger partial charge in [0.05, 0.1) is 12.2 Å². The van der Waals surface area contributed by atoms with Crippen molar-refractivity contribution in [2.45, 2.75) is 44.1 Å². The fraction of sp³-hybridized carbons (Fsp3) is 0.412. The van der Waals surface area contributed by atoms with Gasteiger partial charge in [0.25, 0.3) is 5.91 Å². The minimum absolute atomic E-state index is 0.351. The van der Waals surface area contributed by atoms with Gasteiger partial charge in [-0.3, -0.25) is 14.7 Å². The van der Waals surface area contributed by atoms with E-state index in [2.05, 4.69) is 5.10 Å². The van der Waals surface area contributed by atoms with Crippen LogP contribution < -0.4 is 5.48 Å². The number of hydrogen-bond acceptors (Lipinski definition) is 3. The van der Waals surface area contributed by atoms with Gasteiger partial charge in [-0.15, -0.1) is 0 Å². The molecule has 2 aliphatic rings. The molecule has 0 unspecified atom stereocenters. The summed E-state index contributed by atoms with van der Waals surface area (Å²) in [6, 6.07) is 5.16. The van der Waals surface area contributed by atoms with Crippen molar-refractivity contribution in [3.63, 3.8) is 0 Å². The molecule has 23 heavy (non-hydrogen) atoms. The number of hydrogen-bond donors (Lipinski definition) is 2. The minimum Gasteiger partial charge on any atom is -0.289 e. The van der Waals surface area contributed by atoms with Crippen LogP contribution in [0, 0.1) is 12.7 Å². The molecule has 6 heteroatoms. The van der Waals surface area contributed by atoms with E-state index in [-0.39, 0.29) is 5.82 Å². The largest absolute Gasteiger partial charge is 0.289 e. The summed E-state index contributed by atoms with van der Waals surface area (Å²) >= 11 is 0. The maximum Gasteiger partial charge on any atom is 0.258 e. The highest BCUT2D eigenvalue weighted by Gasteiger charge is 2.50. The molecule has 1 fully saturated rings. The number of hydroxylamine groups is 1. The lowest BCUT2D eigenvalue weighted by atomic mass is 9.74. The average Bonchev–Trinajstić information content (AvgIpc) is 3.19. The molecule has 1 aromatic heterocycles. The first kappa shape index (κ1) is 14.4. The Kier molecular flexibility index (Phi) is 3.06. The standard InChI is InChI=1S/C17H18FN3O2/c1-10-12(3-2-4-14(10)18)17(16(22)20-23)8-7-15-13(17)9-19-21(15)11-5-6-11/h2-4,9,11,23H,5-8H2,1H3,(H,20,22)/t17-/m1/s1. The Morgan fingerprint density at radius 1 is 1.43 bits per heavy atom. The van der Waals surface area contributed by atoms with Crippen molar-refractivity contribution in [3.8, 4) is 0 Å². The number of rotatable bonds is 3. The van der Waals surface area contributed by atoms with Crippen molar-refractivity contribution >= 4 is 5.91 Å². The third kappa shape index (κ3) is 1.88. The van der Waals surface area contributed by atoms with Crippen molar-refractivity contribution in [1.82, 2.24) is 15.3 Å². The molecule has 2 N–H and O–H groups in total. The predicted molar refractivity (Wildman–Crippen MR) is 80.7 cm³/mol. The van der Waals surface area contributed by atoms with Crippen molar-refractivity contribution in [2.24, 2.45) is 0 Å². The summed E-state index contributed by atoms with van der Waals surface area (Å²) in [5.41, 5.74) is 3.55. The van der Waals surface area contributed by atoms with Crippen LogP contribution in [0.5, 0.6) is 0 Å². The highest BCUT2D eigenvalue weighted by Crippen LogP contribution is 2.48. The maximum absolute atomic E-state index is 14.1. The second-order valence-electron chi connectivity index (χ2n) is 6.44.